The van der Waals surface area contributed by atoms with Crippen molar-refractivity contribution in [1.82, 2.24) is 9.80 Å². The first-order chi connectivity index (χ1) is 16.0. The molecule has 0 aliphatic carbocycles. The van der Waals surface area contributed by atoms with Crippen molar-refractivity contribution < 1.29 is 28.9 Å². The number of hydrogen-bond donors (Lipinski definition) is 1. The summed E-state index contributed by atoms with van der Waals surface area (Å²) in [5, 5.41) is 11.1. The Hall–Kier alpha value is -3.36. The molecule has 0 saturated carbocycles. The molecule has 8 nitrogen and oxygen atoms in total. The van der Waals surface area contributed by atoms with Crippen LogP contribution in [0.15, 0.2) is 54.1 Å². The van der Waals surface area contributed by atoms with Crippen molar-refractivity contribution in [3.05, 3.63) is 65.2 Å². The number of morpholine rings is 1. The normalized spacial score (nSPS) is 20.8. The Morgan fingerprint density at radius 3 is 2.36 bits per heavy atom. The lowest BCUT2D eigenvalue weighted by Crippen LogP contribution is -2.42. The summed E-state index contributed by atoms with van der Waals surface area (Å²) in [6.45, 7) is 3.78. The van der Waals surface area contributed by atoms with Crippen LogP contribution in [0.5, 0.6) is 11.5 Å². The van der Waals surface area contributed by atoms with E-state index in [2.05, 4.69) is 4.90 Å². The molecule has 0 bridgehead atoms. The van der Waals surface area contributed by atoms with Gasteiger partial charge in [-0.1, -0.05) is 36.4 Å². The Morgan fingerprint density at radius 1 is 1.00 bits per heavy atom. The van der Waals surface area contributed by atoms with Crippen LogP contribution in [0.2, 0.25) is 0 Å². The average molecular weight is 453 g/mol. The fourth-order valence-electron chi connectivity index (χ4n) is 4.31. The number of hydrogen-bond acceptors (Lipinski definition) is 7. The summed E-state index contributed by atoms with van der Waals surface area (Å²) in [7, 11) is 3.07. The third-order valence-corrected chi connectivity index (χ3v) is 6.07. The second kappa shape index (κ2) is 10.1. The van der Waals surface area contributed by atoms with Gasteiger partial charge in [0.05, 0.1) is 39.0 Å². The molecule has 2 fully saturated rings. The second-order valence-corrected chi connectivity index (χ2v) is 7.93. The van der Waals surface area contributed by atoms with E-state index in [1.807, 2.05) is 6.07 Å². The molecule has 1 amide bonds. The van der Waals surface area contributed by atoms with Crippen LogP contribution in [0.1, 0.15) is 17.2 Å². The molecule has 1 N–H and O–H groups in total. The number of benzene rings is 2. The van der Waals surface area contributed by atoms with E-state index < -0.39 is 17.7 Å². The van der Waals surface area contributed by atoms with E-state index in [4.69, 9.17) is 14.2 Å². The average Bonchev–Trinajstić information content (AvgIpc) is 3.12. The van der Waals surface area contributed by atoms with E-state index >= 15 is 0 Å². The summed E-state index contributed by atoms with van der Waals surface area (Å²) in [5.41, 5.74) is 1.21. The summed E-state index contributed by atoms with van der Waals surface area (Å²) >= 11 is 0. The van der Waals surface area contributed by atoms with Crippen molar-refractivity contribution in [3.63, 3.8) is 0 Å². The number of amides is 1. The molecule has 8 heteroatoms. The van der Waals surface area contributed by atoms with Gasteiger partial charge >= 0.3 is 0 Å². The van der Waals surface area contributed by atoms with E-state index in [0.29, 0.717) is 48.9 Å². The van der Waals surface area contributed by atoms with Crippen molar-refractivity contribution in [1.29, 1.82) is 0 Å². The zero-order valence-corrected chi connectivity index (χ0v) is 18.8. The topological polar surface area (TPSA) is 88.5 Å². The molecule has 4 rings (SSSR count). The number of rotatable bonds is 7. The Bertz CT molecular complexity index is 1050. The van der Waals surface area contributed by atoms with Crippen molar-refractivity contribution in [2.45, 2.75) is 6.04 Å². The first kappa shape index (κ1) is 22.8. The van der Waals surface area contributed by atoms with Gasteiger partial charge in [-0.2, -0.15) is 0 Å². The monoisotopic (exact) mass is 452 g/mol. The number of carbonyl (C=O) groups is 2. The van der Waals surface area contributed by atoms with Crippen molar-refractivity contribution in [2.75, 3.05) is 53.6 Å². The molecule has 0 spiro atoms. The number of nitrogens with zero attached hydrogens (tertiary/aromatic N) is 2. The minimum Gasteiger partial charge on any atom is -0.507 e. The summed E-state index contributed by atoms with van der Waals surface area (Å²) in [5.74, 6) is -0.496. The molecule has 2 aliphatic rings. The fourth-order valence-corrected chi connectivity index (χ4v) is 4.31. The maximum atomic E-state index is 13.1. The third-order valence-electron chi connectivity index (χ3n) is 6.07. The number of carbonyl (C=O) groups excluding carboxylic acids is 2. The van der Waals surface area contributed by atoms with Crippen LogP contribution < -0.4 is 9.47 Å². The fraction of sp³-hybridized carbons (Fsp3) is 0.360. The molecule has 0 radical (unpaired) electrons. The summed E-state index contributed by atoms with van der Waals surface area (Å²) in [4.78, 5) is 30.0. The van der Waals surface area contributed by atoms with Gasteiger partial charge in [-0.25, -0.2) is 0 Å². The predicted octanol–water partition coefficient (Wildman–Crippen LogP) is 2.46. The molecule has 2 aromatic carbocycles. The second-order valence-electron chi connectivity index (χ2n) is 7.93. The van der Waals surface area contributed by atoms with Gasteiger partial charge in [0.2, 0.25) is 0 Å². The van der Waals surface area contributed by atoms with Crippen LogP contribution in [0.25, 0.3) is 5.76 Å². The van der Waals surface area contributed by atoms with Crippen molar-refractivity contribution >= 4 is 17.4 Å². The molecule has 1 atom stereocenters. The predicted molar refractivity (Wildman–Crippen MR) is 122 cm³/mol. The van der Waals surface area contributed by atoms with E-state index in [-0.39, 0.29) is 11.3 Å². The minimum absolute atomic E-state index is 0.0698. The molecule has 0 aromatic heterocycles. The quantitative estimate of drug-likeness (QED) is 0.392. The van der Waals surface area contributed by atoms with Crippen LogP contribution in [0.4, 0.5) is 0 Å². The van der Waals surface area contributed by atoms with Gasteiger partial charge in [0.1, 0.15) is 5.76 Å². The van der Waals surface area contributed by atoms with Crippen LogP contribution in [0.3, 0.4) is 0 Å². The lowest BCUT2D eigenvalue weighted by molar-refractivity contribution is -0.140. The molecule has 2 aliphatic heterocycles. The molecule has 2 aromatic rings. The van der Waals surface area contributed by atoms with Gasteiger partial charge in [-0.05, 0) is 17.7 Å². The molecular formula is C25H28N2O6. The number of aliphatic hydroxyl groups excluding tert-OH is 1. The zero-order chi connectivity index (χ0) is 23.4. The maximum Gasteiger partial charge on any atom is 0.295 e. The van der Waals surface area contributed by atoms with Gasteiger partial charge in [0, 0.05) is 31.7 Å². The molecule has 2 saturated heterocycles. The molecule has 33 heavy (non-hydrogen) atoms. The van der Waals surface area contributed by atoms with Gasteiger partial charge in [0.25, 0.3) is 11.7 Å². The highest BCUT2D eigenvalue weighted by Gasteiger charge is 2.46. The highest BCUT2D eigenvalue weighted by molar-refractivity contribution is 6.46. The smallest absolute Gasteiger partial charge is 0.295 e. The summed E-state index contributed by atoms with van der Waals surface area (Å²) in [6, 6.07) is 13.3. The van der Waals surface area contributed by atoms with Gasteiger partial charge in [-0.15, -0.1) is 0 Å². The number of methoxy groups -OCH3 is 2. The van der Waals surface area contributed by atoms with E-state index in [9.17, 15) is 14.7 Å². The Labute approximate surface area is 193 Å². The van der Waals surface area contributed by atoms with Gasteiger partial charge in [0.15, 0.2) is 11.5 Å². The number of ketones is 1. The summed E-state index contributed by atoms with van der Waals surface area (Å²) < 4.78 is 16.2. The van der Waals surface area contributed by atoms with Crippen LogP contribution in [0, 0.1) is 0 Å². The van der Waals surface area contributed by atoms with Gasteiger partial charge in [-0.3, -0.25) is 14.5 Å². The molecular weight excluding hydrogens is 424 g/mol. The zero-order valence-electron chi connectivity index (χ0n) is 18.8. The molecule has 0 unspecified atom stereocenters. The lowest BCUT2D eigenvalue weighted by Gasteiger charge is -2.31. The number of likely N-dealkylation sites (tertiary alicyclic amines) is 1. The maximum absolute atomic E-state index is 13.1. The molecule has 174 valence electrons. The van der Waals surface area contributed by atoms with Gasteiger partial charge < -0.3 is 24.2 Å². The van der Waals surface area contributed by atoms with Crippen LogP contribution in [-0.2, 0) is 14.3 Å². The first-order valence-electron chi connectivity index (χ1n) is 10.9. The standard InChI is InChI=1S/C25H28N2O6/c1-31-19-9-8-18(16-20(19)32-2)22-21(23(28)17-6-4-3-5-7-17)24(29)25(30)27(22)11-10-26-12-14-33-15-13-26/h3-9,16,22,28H,10-15H2,1-2H3/b23-21+/t22-/m1/s1. The highest BCUT2D eigenvalue weighted by Crippen LogP contribution is 2.41. The van der Waals surface area contributed by atoms with Crippen LogP contribution in [-0.4, -0.2) is 80.2 Å². The molecule has 2 heterocycles. The largest absolute Gasteiger partial charge is 0.507 e. The number of aliphatic hydroxyl groups is 1. The Balaban J connectivity index is 1.77. The first-order valence-corrected chi connectivity index (χ1v) is 10.9. The third kappa shape index (κ3) is 4.58. The SMILES string of the molecule is COc1ccc([C@@H]2/C(=C(\O)c3ccccc3)C(=O)C(=O)N2CCN2CCOCC2)cc1OC. The minimum atomic E-state index is -0.744. The summed E-state index contributed by atoms with van der Waals surface area (Å²) in [6.07, 6.45) is 0. The van der Waals surface area contributed by atoms with Crippen molar-refractivity contribution in [2.24, 2.45) is 0 Å². The Morgan fingerprint density at radius 2 is 1.70 bits per heavy atom. The van der Waals surface area contributed by atoms with E-state index in [1.54, 1.807) is 49.6 Å². The lowest BCUT2D eigenvalue weighted by atomic mass is 9.95. The number of ether oxygens (including phenoxy) is 3. The van der Waals surface area contributed by atoms with E-state index in [0.717, 1.165) is 13.1 Å². The van der Waals surface area contributed by atoms with Crippen LogP contribution >= 0.6 is 0 Å². The Kier molecular flexibility index (Phi) is 6.96. The number of Topliss-reactive ketones (excluding diaryl/α,β-unsaturated/α-hetero) is 1. The highest BCUT2D eigenvalue weighted by atomic mass is 16.5. The van der Waals surface area contributed by atoms with E-state index in [1.165, 1.54) is 12.0 Å². The van der Waals surface area contributed by atoms with Crippen molar-refractivity contribution in [3.8, 4) is 11.5 Å².